The van der Waals surface area contributed by atoms with Gasteiger partial charge in [-0.3, -0.25) is 4.98 Å². The molecule has 3 heterocycles. The zero-order chi connectivity index (χ0) is 22.9. The first-order valence-electron chi connectivity index (χ1n) is 12.0. The highest BCUT2D eigenvalue weighted by Crippen LogP contribution is 2.31. The molecule has 0 radical (unpaired) electrons. The Morgan fingerprint density at radius 2 is 1.79 bits per heavy atom. The summed E-state index contributed by atoms with van der Waals surface area (Å²) in [6, 6.07) is 9.99. The molecule has 33 heavy (non-hydrogen) atoms. The Bertz CT molecular complexity index is 1030. The second-order valence-electron chi connectivity index (χ2n) is 8.57. The van der Waals surface area contributed by atoms with Gasteiger partial charge < -0.3 is 18.9 Å². The number of rotatable bonds is 11. The molecular weight excluding hydrogens is 416 g/mol. The Balaban J connectivity index is 1.40. The molecule has 0 spiro atoms. The van der Waals surface area contributed by atoms with Gasteiger partial charge in [0.1, 0.15) is 23.9 Å². The molecule has 0 atom stereocenters. The second-order valence-corrected chi connectivity index (χ2v) is 8.57. The van der Waals surface area contributed by atoms with Gasteiger partial charge in [0.2, 0.25) is 0 Å². The maximum Gasteiger partial charge on any atom is 0.141 e. The number of ether oxygens (including phenoxy) is 4. The number of unbranched alkanes of at least 4 members (excludes halogenated alkanes) is 1. The van der Waals surface area contributed by atoms with Crippen LogP contribution >= 0.6 is 0 Å². The van der Waals surface area contributed by atoms with Crippen LogP contribution in [-0.4, -0.2) is 36.4 Å². The standard InChI is InChI=1S/C27H34N2O4/c1-3-4-12-32-27-20(2)26(29-25-8-6-5-7-24(25)27)19-33-23-16-22(17-28-18-23)31-15-11-21-9-13-30-14-10-21/h5-8,16-18,21H,3-4,9-15,19H2,1-2H3. The van der Waals surface area contributed by atoms with Crippen molar-refractivity contribution in [2.24, 2.45) is 5.92 Å². The van der Waals surface area contributed by atoms with E-state index in [0.29, 0.717) is 31.5 Å². The number of hydrogen-bond acceptors (Lipinski definition) is 6. The van der Waals surface area contributed by atoms with Crippen LogP contribution in [0.5, 0.6) is 17.2 Å². The highest BCUT2D eigenvalue weighted by Gasteiger charge is 2.15. The topological polar surface area (TPSA) is 62.7 Å². The molecule has 0 amide bonds. The van der Waals surface area contributed by atoms with Gasteiger partial charge in [-0.05, 0) is 50.7 Å². The highest BCUT2D eigenvalue weighted by molar-refractivity contribution is 5.86. The average Bonchev–Trinajstić information content (AvgIpc) is 2.85. The maximum atomic E-state index is 6.16. The fraction of sp³-hybridized carbons (Fsp3) is 0.481. The molecule has 0 saturated carbocycles. The van der Waals surface area contributed by atoms with E-state index in [4.69, 9.17) is 23.9 Å². The zero-order valence-corrected chi connectivity index (χ0v) is 19.7. The Labute approximate surface area is 196 Å². The highest BCUT2D eigenvalue weighted by atomic mass is 16.5. The van der Waals surface area contributed by atoms with Crippen molar-refractivity contribution in [3.63, 3.8) is 0 Å². The van der Waals surface area contributed by atoms with Crippen LogP contribution in [-0.2, 0) is 11.3 Å². The van der Waals surface area contributed by atoms with Gasteiger partial charge in [-0.2, -0.15) is 0 Å². The van der Waals surface area contributed by atoms with Crippen molar-refractivity contribution in [3.8, 4) is 17.2 Å². The van der Waals surface area contributed by atoms with Crippen molar-refractivity contribution in [2.45, 2.75) is 52.6 Å². The van der Waals surface area contributed by atoms with Crippen molar-refractivity contribution in [3.05, 3.63) is 54.0 Å². The van der Waals surface area contributed by atoms with Crippen LogP contribution in [0.25, 0.3) is 10.9 Å². The molecule has 3 aromatic rings. The monoisotopic (exact) mass is 450 g/mol. The van der Waals surface area contributed by atoms with E-state index in [2.05, 4.69) is 18.0 Å². The summed E-state index contributed by atoms with van der Waals surface area (Å²) >= 11 is 0. The summed E-state index contributed by atoms with van der Waals surface area (Å²) < 4.78 is 23.6. The van der Waals surface area contributed by atoms with E-state index in [-0.39, 0.29) is 0 Å². The molecule has 1 aromatic carbocycles. The number of hydrogen-bond donors (Lipinski definition) is 0. The molecule has 1 fully saturated rings. The summed E-state index contributed by atoms with van der Waals surface area (Å²) in [5.74, 6) is 2.98. The van der Waals surface area contributed by atoms with Gasteiger partial charge >= 0.3 is 0 Å². The van der Waals surface area contributed by atoms with E-state index >= 15 is 0 Å². The third-order valence-electron chi connectivity index (χ3n) is 6.12. The maximum absolute atomic E-state index is 6.16. The molecule has 0 N–H and O–H groups in total. The summed E-state index contributed by atoms with van der Waals surface area (Å²) in [5.41, 5.74) is 2.80. The van der Waals surface area contributed by atoms with Gasteiger partial charge in [-0.25, -0.2) is 4.98 Å². The van der Waals surface area contributed by atoms with E-state index < -0.39 is 0 Å². The molecule has 2 aromatic heterocycles. The molecular formula is C27H34N2O4. The van der Waals surface area contributed by atoms with E-state index in [0.717, 1.165) is 79.0 Å². The largest absolute Gasteiger partial charge is 0.493 e. The smallest absolute Gasteiger partial charge is 0.141 e. The number of aromatic nitrogens is 2. The lowest BCUT2D eigenvalue weighted by Crippen LogP contribution is -2.17. The first-order valence-corrected chi connectivity index (χ1v) is 12.0. The van der Waals surface area contributed by atoms with Crippen LogP contribution in [0, 0.1) is 12.8 Å². The van der Waals surface area contributed by atoms with Crippen LogP contribution in [0.1, 0.15) is 50.3 Å². The molecule has 0 aliphatic carbocycles. The van der Waals surface area contributed by atoms with Crippen molar-refractivity contribution >= 4 is 10.9 Å². The number of nitrogens with zero attached hydrogens (tertiary/aromatic N) is 2. The molecule has 1 aliphatic rings. The van der Waals surface area contributed by atoms with Crippen molar-refractivity contribution in [1.82, 2.24) is 9.97 Å². The van der Waals surface area contributed by atoms with E-state index in [9.17, 15) is 0 Å². The fourth-order valence-electron chi connectivity index (χ4n) is 4.06. The summed E-state index contributed by atoms with van der Waals surface area (Å²) in [7, 11) is 0. The van der Waals surface area contributed by atoms with Gasteiger partial charge in [0.15, 0.2) is 0 Å². The first kappa shape index (κ1) is 23.3. The van der Waals surface area contributed by atoms with Gasteiger partial charge in [0.05, 0.1) is 36.8 Å². The molecule has 4 rings (SSSR count). The van der Waals surface area contributed by atoms with Crippen molar-refractivity contribution in [2.75, 3.05) is 26.4 Å². The van der Waals surface area contributed by atoms with E-state index in [1.807, 2.05) is 31.2 Å². The van der Waals surface area contributed by atoms with Crippen LogP contribution in [0.15, 0.2) is 42.7 Å². The molecule has 176 valence electrons. The van der Waals surface area contributed by atoms with Gasteiger partial charge in [-0.15, -0.1) is 0 Å². The quantitative estimate of drug-likeness (QED) is 0.339. The minimum absolute atomic E-state index is 0.341. The van der Waals surface area contributed by atoms with Gasteiger partial charge in [0, 0.05) is 30.2 Å². The summed E-state index contributed by atoms with van der Waals surface area (Å²) in [6.07, 6.45) is 8.83. The van der Waals surface area contributed by atoms with Crippen LogP contribution in [0.4, 0.5) is 0 Å². The summed E-state index contributed by atoms with van der Waals surface area (Å²) in [6.45, 7) is 7.66. The van der Waals surface area contributed by atoms with Crippen molar-refractivity contribution < 1.29 is 18.9 Å². The normalized spacial score (nSPS) is 14.4. The third kappa shape index (κ3) is 6.35. The lowest BCUT2D eigenvalue weighted by Gasteiger charge is -2.21. The molecule has 0 unspecified atom stereocenters. The molecule has 6 nitrogen and oxygen atoms in total. The molecule has 1 aliphatic heterocycles. The number of fused-ring (bicyclic) bond motifs is 1. The minimum atomic E-state index is 0.341. The average molecular weight is 451 g/mol. The fourth-order valence-corrected chi connectivity index (χ4v) is 4.06. The predicted octanol–water partition coefficient (Wildman–Crippen LogP) is 5.89. The van der Waals surface area contributed by atoms with Crippen LogP contribution < -0.4 is 14.2 Å². The first-order chi connectivity index (χ1) is 16.2. The minimum Gasteiger partial charge on any atom is -0.493 e. The number of pyridine rings is 2. The molecule has 1 saturated heterocycles. The number of para-hydroxylation sites is 1. The van der Waals surface area contributed by atoms with Gasteiger partial charge in [-0.1, -0.05) is 25.5 Å². The molecule has 0 bridgehead atoms. The van der Waals surface area contributed by atoms with E-state index in [1.54, 1.807) is 12.4 Å². The SMILES string of the molecule is CCCCOc1c(C)c(COc2cncc(OCCC3CCOCC3)c2)nc2ccccc12. The summed E-state index contributed by atoms with van der Waals surface area (Å²) in [4.78, 5) is 9.12. The Kier molecular flexibility index (Phi) is 8.36. The number of benzene rings is 1. The second kappa shape index (κ2) is 11.8. The Morgan fingerprint density at radius 3 is 2.61 bits per heavy atom. The van der Waals surface area contributed by atoms with Crippen molar-refractivity contribution in [1.29, 1.82) is 0 Å². The van der Waals surface area contributed by atoms with Gasteiger partial charge in [0.25, 0.3) is 0 Å². The lowest BCUT2D eigenvalue weighted by molar-refractivity contribution is 0.0593. The Morgan fingerprint density at radius 1 is 1.00 bits per heavy atom. The predicted molar refractivity (Wildman–Crippen MR) is 129 cm³/mol. The van der Waals surface area contributed by atoms with E-state index in [1.165, 1.54) is 0 Å². The zero-order valence-electron chi connectivity index (χ0n) is 19.7. The summed E-state index contributed by atoms with van der Waals surface area (Å²) in [5, 5.41) is 1.04. The van der Waals surface area contributed by atoms with Crippen LogP contribution in [0.3, 0.4) is 0 Å². The van der Waals surface area contributed by atoms with Crippen LogP contribution in [0.2, 0.25) is 0 Å². The lowest BCUT2D eigenvalue weighted by atomic mass is 9.97. The Hall–Kier alpha value is -2.86. The molecule has 6 heteroatoms. The third-order valence-corrected chi connectivity index (χ3v) is 6.12.